The summed E-state index contributed by atoms with van der Waals surface area (Å²) in [4.78, 5) is 2.75. The second kappa shape index (κ2) is 7.38. The first-order valence-corrected chi connectivity index (χ1v) is 7.60. The Labute approximate surface area is 108 Å². The molecule has 1 aliphatic rings. The second-order valence-corrected chi connectivity index (χ2v) is 5.74. The van der Waals surface area contributed by atoms with Gasteiger partial charge >= 0.3 is 0 Å². The zero-order valence-electron chi connectivity index (χ0n) is 12.4. The molecule has 2 nitrogen and oxygen atoms in total. The maximum atomic E-state index is 3.40. The molecule has 1 fully saturated rings. The molecule has 0 bridgehead atoms. The first kappa shape index (κ1) is 15.0. The van der Waals surface area contributed by atoms with Crippen molar-refractivity contribution < 1.29 is 0 Å². The molecule has 102 valence electrons. The van der Waals surface area contributed by atoms with Crippen LogP contribution in [0.25, 0.3) is 0 Å². The molecule has 0 heterocycles. The fourth-order valence-electron chi connectivity index (χ4n) is 3.35. The molecule has 0 aromatic carbocycles. The van der Waals surface area contributed by atoms with E-state index in [9.17, 15) is 0 Å². The van der Waals surface area contributed by atoms with E-state index >= 15 is 0 Å². The van der Waals surface area contributed by atoms with Gasteiger partial charge in [0, 0.05) is 19.1 Å². The largest absolute Gasteiger partial charge is 0.319 e. The van der Waals surface area contributed by atoms with Crippen molar-refractivity contribution in [1.29, 1.82) is 0 Å². The summed E-state index contributed by atoms with van der Waals surface area (Å²) >= 11 is 0. The third-order valence-corrected chi connectivity index (χ3v) is 4.84. The predicted molar refractivity (Wildman–Crippen MR) is 76.4 cm³/mol. The Morgan fingerprint density at radius 1 is 1.12 bits per heavy atom. The summed E-state index contributed by atoms with van der Waals surface area (Å²) in [5, 5.41) is 3.40. The zero-order chi connectivity index (χ0) is 12.7. The number of hydrogen-bond donors (Lipinski definition) is 1. The lowest BCUT2D eigenvalue weighted by Crippen LogP contribution is -2.46. The van der Waals surface area contributed by atoms with Gasteiger partial charge < -0.3 is 10.2 Å². The third-order valence-electron chi connectivity index (χ3n) is 4.84. The van der Waals surface area contributed by atoms with Gasteiger partial charge in [-0.25, -0.2) is 0 Å². The van der Waals surface area contributed by atoms with Crippen molar-refractivity contribution >= 4 is 0 Å². The lowest BCUT2D eigenvalue weighted by molar-refractivity contribution is 0.106. The molecule has 0 aromatic heterocycles. The van der Waals surface area contributed by atoms with E-state index in [0.29, 0.717) is 5.41 Å². The minimum Gasteiger partial charge on any atom is -0.319 e. The van der Waals surface area contributed by atoms with Crippen LogP contribution >= 0.6 is 0 Å². The van der Waals surface area contributed by atoms with Crippen molar-refractivity contribution in [2.45, 2.75) is 65.3 Å². The Bertz CT molecular complexity index is 193. The molecule has 1 N–H and O–H groups in total. The van der Waals surface area contributed by atoms with Gasteiger partial charge in [0.15, 0.2) is 0 Å². The Morgan fingerprint density at radius 2 is 1.71 bits per heavy atom. The van der Waals surface area contributed by atoms with Gasteiger partial charge in [-0.1, -0.05) is 33.6 Å². The smallest absolute Gasteiger partial charge is 0.00953 e. The van der Waals surface area contributed by atoms with Crippen molar-refractivity contribution in [2.75, 3.05) is 26.7 Å². The quantitative estimate of drug-likeness (QED) is 0.700. The van der Waals surface area contributed by atoms with Crippen LogP contribution in [0.2, 0.25) is 0 Å². The van der Waals surface area contributed by atoms with E-state index < -0.39 is 0 Å². The highest BCUT2D eigenvalue weighted by Gasteiger charge is 2.31. The Kier molecular flexibility index (Phi) is 6.50. The molecule has 2 heteroatoms. The summed E-state index contributed by atoms with van der Waals surface area (Å²) in [6.45, 7) is 10.7. The minimum absolute atomic E-state index is 0.480. The molecule has 0 amide bonds. The maximum absolute atomic E-state index is 3.40. The minimum atomic E-state index is 0.480. The Balaban J connectivity index is 2.61. The van der Waals surface area contributed by atoms with Crippen molar-refractivity contribution in [3.05, 3.63) is 0 Å². The zero-order valence-corrected chi connectivity index (χ0v) is 12.4. The highest BCUT2D eigenvalue weighted by atomic mass is 15.2. The lowest BCUT2D eigenvalue weighted by atomic mass is 9.81. The van der Waals surface area contributed by atoms with E-state index in [1.165, 1.54) is 51.6 Å². The molecule has 0 aromatic rings. The van der Waals surface area contributed by atoms with E-state index in [1.54, 1.807) is 0 Å². The average Bonchev–Trinajstić information content (AvgIpc) is 2.88. The third kappa shape index (κ3) is 3.96. The SMILES string of the molecule is CCN(CC(CC)(CC)CNC)C1CCCC1. The van der Waals surface area contributed by atoms with Gasteiger partial charge in [-0.05, 0) is 44.7 Å². The monoisotopic (exact) mass is 240 g/mol. The van der Waals surface area contributed by atoms with Gasteiger partial charge in [0.25, 0.3) is 0 Å². The summed E-state index contributed by atoms with van der Waals surface area (Å²) in [5.41, 5.74) is 0.480. The van der Waals surface area contributed by atoms with Gasteiger partial charge in [0.2, 0.25) is 0 Å². The second-order valence-electron chi connectivity index (χ2n) is 5.74. The summed E-state index contributed by atoms with van der Waals surface area (Å²) in [7, 11) is 2.09. The van der Waals surface area contributed by atoms with Gasteiger partial charge in [0.05, 0.1) is 0 Å². The first-order chi connectivity index (χ1) is 8.21. The van der Waals surface area contributed by atoms with E-state index in [2.05, 4.69) is 38.0 Å². The normalized spacial score (nSPS) is 18.2. The van der Waals surface area contributed by atoms with Crippen molar-refractivity contribution in [3.63, 3.8) is 0 Å². The highest BCUT2D eigenvalue weighted by molar-refractivity contribution is 4.86. The van der Waals surface area contributed by atoms with Gasteiger partial charge in [-0.15, -0.1) is 0 Å². The van der Waals surface area contributed by atoms with Crippen molar-refractivity contribution in [1.82, 2.24) is 10.2 Å². The first-order valence-electron chi connectivity index (χ1n) is 7.60. The standard InChI is InChI=1S/C15H32N2/c1-5-15(6-2,12-16-4)13-17(7-3)14-10-8-9-11-14/h14,16H,5-13H2,1-4H3. The molecule has 0 atom stereocenters. The summed E-state index contributed by atoms with van der Waals surface area (Å²) < 4.78 is 0. The predicted octanol–water partition coefficient (Wildman–Crippen LogP) is 3.28. The topological polar surface area (TPSA) is 15.3 Å². The van der Waals surface area contributed by atoms with Crippen LogP contribution in [0.1, 0.15) is 59.3 Å². The van der Waals surface area contributed by atoms with Crippen LogP contribution in [0.3, 0.4) is 0 Å². The van der Waals surface area contributed by atoms with Crippen LogP contribution in [0.4, 0.5) is 0 Å². The maximum Gasteiger partial charge on any atom is 0.00953 e. The molecule has 0 spiro atoms. The molecule has 1 saturated carbocycles. The van der Waals surface area contributed by atoms with E-state index in [-0.39, 0.29) is 0 Å². The molecular formula is C15H32N2. The number of nitrogens with zero attached hydrogens (tertiary/aromatic N) is 1. The van der Waals surface area contributed by atoms with Gasteiger partial charge in [0.1, 0.15) is 0 Å². The average molecular weight is 240 g/mol. The summed E-state index contributed by atoms with van der Waals surface area (Å²) in [6, 6.07) is 0.870. The van der Waals surface area contributed by atoms with Crippen LogP contribution in [0.15, 0.2) is 0 Å². The molecule has 17 heavy (non-hydrogen) atoms. The van der Waals surface area contributed by atoms with Crippen LogP contribution < -0.4 is 5.32 Å². The van der Waals surface area contributed by atoms with Crippen molar-refractivity contribution in [2.24, 2.45) is 5.41 Å². The molecule has 0 saturated heterocycles. The Hall–Kier alpha value is -0.0800. The summed E-state index contributed by atoms with van der Waals surface area (Å²) in [6.07, 6.45) is 8.31. The van der Waals surface area contributed by atoms with Crippen LogP contribution in [-0.2, 0) is 0 Å². The molecular weight excluding hydrogens is 208 g/mol. The van der Waals surface area contributed by atoms with E-state index in [1.807, 2.05) is 0 Å². The van der Waals surface area contributed by atoms with Gasteiger partial charge in [-0.2, -0.15) is 0 Å². The Morgan fingerprint density at radius 3 is 2.12 bits per heavy atom. The van der Waals surface area contributed by atoms with Gasteiger partial charge in [-0.3, -0.25) is 0 Å². The number of rotatable bonds is 8. The van der Waals surface area contributed by atoms with Crippen LogP contribution in [-0.4, -0.2) is 37.6 Å². The molecule has 1 rings (SSSR count). The molecule has 0 radical (unpaired) electrons. The molecule has 0 aliphatic heterocycles. The fourth-order valence-corrected chi connectivity index (χ4v) is 3.35. The molecule has 1 aliphatic carbocycles. The van der Waals surface area contributed by atoms with Crippen molar-refractivity contribution in [3.8, 4) is 0 Å². The van der Waals surface area contributed by atoms with Crippen LogP contribution in [0.5, 0.6) is 0 Å². The highest BCUT2D eigenvalue weighted by Crippen LogP contribution is 2.31. The number of hydrogen-bond acceptors (Lipinski definition) is 2. The van der Waals surface area contributed by atoms with Crippen LogP contribution in [0, 0.1) is 5.41 Å². The van der Waals surface area contributed by atoms with E-state index in [4.69, 9.17) is 0 Å². The molecule has 0 unspecified atom stereocenters. The van der Waals surface area contributed by atoms with E-state index in [0.717, 1.165) is 12.6 Å². The number of nitrogens with one attached hydrogen (secondary N) is 1. The fraction of sp³-hybridized carbons (Fsp3) is 1.00. The lowest BCUT2D eigenvalue weighted by Gasteiger charge is -2.39. The summed E-state index contributed by atoms with van der Waals surface area (Å²) in [5.74, 6) is 0.